The fourth-order valence-corrected chi connectivity index (χ4v) is 2.70. The highest BCUT2D eigenvalue weighted by atomic mass is 32.2. The van der Waals surface area contributed by atoms with Gasteiger partial charge in [-0.1, -0.05) is 0 Å². The van der Waals surface area contributed by atoms with E-state index in [9.17, 15) is 8.42 Å². The molecule has 6 heteroatoms. The summed E-state index contributed by atoms with van der Waals surface area (Å²) in [5, 5.41) is 0. The van der Waals surface area contributed by atoms with Crippen LogP contribution in [0.25, 0.3) is 0 Å². The van der Waals surface area contributed by atoms with Crippen molar-refractivity contribution in [3.63, 3.8) is 0 Å². The number of ether oxygens (including phenoxy) is 1. The SMILES string of the molecule is CCOc1ccc(S(=O)(=O)NCc2ccc(C)o2)cc1. The third kappa shape index (κ3) is 3.61. The van der Waals surface area contributed by atoms with Crippen molar-refractivity contribution in [3.05, 3.63) is 47.9 Å². The van der Waals surface area contributed by atoms with Gasteiger partial charge in [-0.05, 0) is 50.2 Å². The second-order valence-electron chi connectivity index (χ2n) is 4.24. The fourth-order valence-electron chi connectivity index (χ4n) is 1.71. The number of nitrogens with one attached hydrogen (secondary N) is 1. The topological polar surface area (TPSA) is 68.5 Å². The van der Waals surface area contributed by atoms with Gasteiger partial charge in [-0.2, -0.15) is 0 Å². The Morgan fingerprint density at radius 2 is 1.85 bits per heavy atom. The molecule has 0 amide bonds. The van der Waals surface area contributed by atoms with Crippen LogP contribution in [0.3, 0.4) is 0 Å². The fraction of sp³-hybridized carbons (Fsp3) is 0.286. The van der Waals surface area contributed by atoms with Gasteiger partial charge in [-0.25, -0.2) is 13.1 Å². The second kappa shape index (κ2) is 6.11. The van der Waals surface area contributed by atoms with Crippen LogP contribution in [0.4, 0.5) is 0 Å². The van der Waals surface area contributed by atoms with E-state index in [0.29, 0.717) is 18.1 Å². The van der Waals surface area contributed by atoms with Crippen LogP contribution in [0.2, 0.25) is 0 Å². The van der Waals surface area contributed by atoms with Crippen molar-refractivity contribution in [1.82, 2.24) is 4.72 Å². The number of hydrogen-bond acceptors (Lipinski definition) is 4. The zero-order valence-corrected chi connectivity index (χ0v) is 12.2. The summed E-state index contributed by atoms with van der Waals surface area (Å²) >= 11 is 0. The van der Waals surface area contributed by atoms with Gasteiger partial charge in [-0.3, -0.25) is 0 Å². The van der Waals surface area contributed by atoms with Crippen LogP contribution in [0.15, 0.2) is 45.7 Å². The van der Waals surface area contributed by atoms with Gasteiger partial charge in [0.2, 0.25) is 10.0 Å². The molecule has 1 aromatic carbocycles. The number of furan rings is 1. The molecule has 0 bridgehead atoms. The van der Waals surface area contributed by atoms with Crippen molar-refractivity contribution in [3.8, 4) is 5.75 Å². The Morgan fingerprint density at radius 1 is 1.15 bits per heavy atom. The molecule has 0 aliphatic carbocycles. The molecule has 2 aromatic rings. The molecule has 0 fully saturated rings. The van der Waals surface area contributed by atoms with Crippen molar-refractivity contribution in [1.29, 1.82) is 0 Å². The summed E-state index contributed by atoms with van der Waals surface area (Å²) in [5.74, 6) is 1.98. The summed E-state index contributed by atoms with van der Waals surface area (Å²) in [6.45, 7) is 4.35. The number of hydrogen-bond donors (Lipinski definition) is 1. The number of aryl methyl sites for hydroxylation is 1. The molecule has 0 atom stereocenters. The van der Waals surface area contributed by atoms with Crippen molar-refractivity contribution in [2.24, 2.45) is 0 Å². The first-order chi connectivity index (χ1) is 9.51. The molecule has 0 unspecified atom stereocenters. The molecule has 0 radical (unpaired) electrons. The van der Waals surface area contributed by atoms with Crippen LogP contribution >= 0.6 is 0 Å². The number of benzene rings is 1. The van der Waals surface area contributed by atoms with E-state index >= 15 is 0 Å². The maximum absolute atomic E-state index is 12.1. The first kappa shape index (κ1) is 14.6. The van der Waals surface area contributed by atoms with Crippen molar-refractivity contribution in [2.45, 2.75) is 25.3 Å². The van der Waals surface area contributed by atoms with Crippen molar-refractivity contribution < 1.29 is 17.6 Å². The summed E-state index contributed by atoms with van der Waals surface area (Å²) in [7, 11) is -3.55. The molecule has 0 aliphatic heterocycles. The van der Waals surface area contributed by atoms with Gasteiger partial charge in [0.05, 0.1) is 18.0 Å². The van der Waals surface area contributed by atoms with E-state index in [4.69, 9.17) is 9.15 Å². The van der Waals surface area contributed by atoms with E-state index in [0.717, 1.165) is 5.76 Å². The lowest BCUT2D eigenvalue weighted by Crippen LogP contribution is -2.22. The quantitative estimate of drug-likeness (QED) is 0.889. The zero-order chi connectivity index (χ0) is 14.6. The predicted molar refractivity (Wildman–Crippen MR) is 75.1 cm³/mol. The first-order valence-corrected chi connectivity index (χ1v) is 7.77. The second-order valence-corrected chi connectivity index (χ2v) is 6.01. The van der Waals surface area contributed by atoms with E-state index < -0.39 is 10.0 Å². The van der Waals surface area contributed by atoms with Crippen LogP contribution in [0, 0.1) is 6.92 Å². The lowest BCUT2D eigenvalue weighted by atomic mass is 10.3. The molecule has 0 saturated heterocycles. The average molecular weight is 295 g/mol. The van der Waals surface area contributed by atoms with E-state index in [1.807, 2.05) is 13.8 Å². The minimum absolute atomic E-state index is 0.128. The Kier molecular flexibility index (Phi) is 4.46. The van der Waals surface area contributed by atoms with Gasteiger partial charge in [0.1, 0.15) is 17.3 Å². The highest BCUT2D eigenvalue weighted by molar-refractivity contribution is 7.89. The predicted octanol–water partition coefficient (Wildman–Crippen LogP) is 2.47. The molecule has 108 valence electrons. The van der Waals surface area contributed by atoms with Crippen LogP contribution in [0.1, 0.15) is 18.4 Å². The van der Waals surface area contributed by atoms with Gasteiger partial charge in [0, 0.05) is 0 Å². The maximum Gasteiger partial charge on any atom is 0.240 e. The minimum Gasteiger partial charge on any atom is -0.494 e. The number of sulfonamides is 1. The maximum atomic E-state index is 12.1. The highest BCUT2D eigenvalue weighted by Gasteiger charge is 2.14. The lowest BCUT2D eigenvalue weighted by molar-refractivity contribution is 0.340. The standard InChI is InChI=1S/C14H17NO4S/c1-3-18-12-6-8-14(9-7-12)20(16,17)15-10-13-5-4-11(2)19-13/h4-9,15H,3,10H2,1-2H3. The van der Waals surface area contributed by atoms with E-state index in [-0.39, 0.29) is 11.4 Å². The molecular weight excluding hydrogens is 278 g/mol. The van der Waals surface area contributed by atoms with Gasteiger partial charge >= 0.3 is 0 Å². The molecule has 5 nitrogen and oxygen atoms in total. The average Bonchev–Trinajstić information content (AvgIpc) is 2.84. The van der Waals surface area contributed by atoms with E-state index in [2.05, 4.69) is 4.72 Å². The van der Waals surface area contributed by atoms with Gasteiger partial charge < -0.3 is 9.15 Å². The van der Waals surface area contributed by atoms with E-state index in [1.165, 1.54) is 12.1 Å². The summed E-state index contributed by atoms with van der Waals surface area (Å²) < 4.78 is 37.3. The molecule has 2 rings (SSSR count). The molecule has 1 aromatic heterocycles. The zero-order valence-electron chi connectivity index (χ0n) is 11.4. The Hall–Kier alpha value is -1.79. The lowest BCUT2D eigenvalue weighted by Gasteiger charge is -2.07. The molecule has 1 N–H and O–H groups in total. The van der Waals surface area contributed by atoms with Gasteiger partial charge in [-0.15, -0.1) is 0 Å². The van der Waals surface area contributed by atoms with Gasteiger partial charge in [0.15, 0.2) is 0 Å². The molecule has 0 aliphatic rings. The third-order valence-corrected chi connectivity index (χ3v) is 4.09. The van der Waals surface area contributed by atoms with Crippen molar-refractivity contribution >= 4 is 10.0 Å². The van der Waals surface area contributed by atoms with E-state index in [1.54, 1.807) is 24.3 Å². The summed E-state index contributed by atoms with van der Waals surface area (Å²) in [5.41, 5.74) is 0. The number of rotatable bonds is 6. The minimum atomic E-state index is -3.55. The molecular formula is C14H17NO4S. The molecule has 1 heterocycles. The first-order valence-electron chi connectivity index (χ1n) is 6.29. The summed E-state index contributed by atoms with van der Waals surface area (Å²) in [4.78, 5) is 0.198. The monoisotopic (exact) mass is 295 g/mol. The highest BCUT2D eigenvalue weighted by Crippen LogP contribution is 2.16. The Morgan fingerprint density at radius 3 is 2.40 bits per heavy atom. The largest absolute Gasteiger partial charge is 0.494 e. The van der Waals surface area contributed by atoms with Crippen LogP contribution in [-0.4, -0.2) is 15.0 Å². The smallest absolute Gasteiger partial charge is 0.240 e. The van der Waals surface area contributed by atoms with Crippen molar-refractivity contribution in [2.75, 3.05) is 6.61 Å². The Balaban J connectivity index is 2.05. The third-order valence-electron chi connectivity index (χ3n) is 2.68. The summed E-state index contributed by atoms with van der Waals surface area (Å²) in [6.07, 6.45) is 0. The molecule has 0 saturated carbocycles. The molecule has 0 spiro atoms. The van der Waals surface area contributed by atoms with Crippen LogP contribution < -0.4 is 9.46 Å². The Labute approximate surface area is 118 Å². The normalized spacial score (nSPS) is 11.5. The summed E-state index contributed by atoms with van der Waals surface area (Å²) in [6, 6.07) is 9.84. The Bertz CT molecular complexity index is 659. The van der Waals surface area contributed by atoms with Crippen LogP contribution in [-0.2, 0) is 16.6 Å². The van der Waals surface area contributed by atoms with Crippen LogP contribution in [0.5, 0.6) is 5.75 Å². The van der Waals surface area contributed by atoms with Gasteiger partial charge in [0.25, 0.3) is 0 Å². The molecule has 20 heavy (non-hydrogen) atoms.